The van der Waals surface area contributed by atoms with Gasteiger partial charge in [-0.05, 0) is 19.3 Å². The second kappa shape index (κ2) is 9.40. The van der Waals surface area contributed by atoms with E-state index < -0.39 is 30.6 Å². The largest absolute Gasteiger partial charge is 0.480 e. The molecule has 0 fully saturated rings. The minimum Gasteiger partial charge on any atom is -0.480 e. The van der Waals surface area contributed by atoms with Gasteiger partial charge in [0.2, 0.25) is 0 Å². The molecule has 2 amide bonds. The molecule has 9 heteroatoms. The Morgan fingerprint density at radius 3 is 2.45 bits per heavy atom. The van der Waals surface area contributed by atoms with E-state index in [-0.39, 0.29) is 19.4 Å². The number of methoxy groups -OCH3 is 1. The summed E-state index contributed by atoms with van der Waals surface area (Å²) in [6, 6.07) is -1.88. The average molecular weight is 300 g/mol. The zero-order valence-electron chi connectivity index (χ0n) is 11.1. The Labute approximate surface area is 114 Å². The molecule has 1 atom stereocenters. The normalized spacial score (nSPS) is 12.8. The maximum Gasteiger partial charge on any atom is 0.389 e. The number of nitrogens with one attached hydrogen (secondary N) is 2. The Morgan fingerprint density at radius 1 is 1.30 bits per heavy atom. The van der Waals surface area contributed by atoms with Crippen molar-refractivity contribution in [1.82, 2.24) is 10.6 Å². The Hall–Kier alpha value is -1.51. The molecular formula is C11H19F3N2O4. The van der Waals surface area contributed by atoms with E-state index in [1.165, 1.54) is 7.11 Å². The molecule has 0 saturated carbocycles. The Bertz CT molecular complexity index is 311. The van der Waals surface area contributed by atoms with Gasteiger partial charge in [0, 0.05) is 26.7 Å². The van der Waals surface area contributed by atoms with Crippen molar-refractivity contribution in [2.75, 3.05) is 20.3 Å². The molecule has 0 bridgehead atoms. The molecule has 118 valence electrons. The second-order valence-electron chi connectivity index (χ2n) is 4.14. The van der Waals surface area contributed by atoms with Gasteiger partial charge < -0.3 is 20.5 Å². The van der Waals surface area contributed by atoms with Gasteiger partial charge in [-0.3, -0.25) is 0 Å². The highest BCUT2D eigenvalue weighted by Crippen LogP contribution is 2.20. The van der Waals surface area contributed by atoms with Gasteiger partial charge in [0.05, 0.1) is 0 Å². The first-order chi connectivity index (χ1) is 9.26. The van der Waals surface area contributed by atoms with E-state index in [4.69, 9.17) is 9.84 Å². The first-order valence-electron chi connectivity index (χ1n) is 6.09. The predicted octanol–water partition coefficient (Wildman–Crippen LogP) is 1.51. The van der Waals surface area contributed by atoms with Crippen molar-refractivity contribution >= 4 is 12.0 Å². The minimum atomic E-state index is -4.26. The van der Waals surface area contributed by atoms with Crippen molar-refractivity contribution in [2.24, 2.45) is 0 Å². The Balaban J connectivity index is 3.92. The number of carbonyl (C=O) groups excluding carboxylic acids is 1. The van der Waals surface area contributed by atoms with E-state index in [0.717, 1.165) is 0 Å². The van der Waals surface area contributed by atoms with Gasteiger partial charge in [0.15, 0.2) is 0 Å². The summed E-state index contributed by atoms with van der Waals surface area (Å²) in [6.07, 6.45) is -4.88. The quantitative estimate of drug-likeness (QED) is 0.563. The van der Waals surface area contributed by atoms with E-state index in [0.29, 0.717) is 13.0 Å². The topological polar surface area (TPSA) is 87.7 Å². The molecule has 0 aliphatic carbocycles. The molecular weight excluding hydrogens is 281 g/mol. The Kier molecular flexibility index (Phi) is 8.69. The third kappa shape index (κ3) is 10.4. The van der Waals surface area contributed by atoms with Crippen LogP contribution in [0.5, 0.6) is 0 Å². The first kappa shape index (κ1) is 18.5. The molecule has 0 aliphatic rings. The van der Waals surface area contributed by atoms with E-state index in [9.17, 15) is 22.8 Å². The van der Waals surface area contributed by atoms with Crippen LogP contribution in [0.4, 0.5) is 18.0 Å². The second-order valence-corrected chi connectivity index (χ2v) is 4.14. The number of hydrogen-bond acceptors (Lipinski definition) is 3. The third-order valence-electron chi connectivity index (χ3n) is 2.37. The van der Waals surface area contributed by atoms with Gasteiger partial charge in [-0.25, -0.2) is 9.59 Å². The van der Waals surface area contributed by atoms with Crippen LogP contribution < -0.4 is 10.6 Å². The Morgan fingerprint density at radius 2 is 1.95 bits per heavy atom. The molecule has 3 N–H and O–H groups in total. The lowest BCUT2D eigenvalue weighted by Crippen LogP contribution is -2.46. The van der Waals surface area contributed by atoms with E-state index in [1.807, 2.05) is 0 Å². The van der Waals surface area contributed by atoms with Crippen LogP contribution in [0.15, 0.2) is 0 Å². The number of carboxylic acid groups (broad SMARTS) is 1. The number of alkyl halides is 3. The van der Waals surface area contributed by atoms with E-state index in [2.05, 4.69) is 10.6 Å². The summed E-state index contributed by atoms with van der Waals surface area (Å²) in [5, 5.41) is 13.2. The number of halogens is 3. The molecule has 6 nitrogen and oxygen atoms in total. The highest BCUT2D eigenvalue weighted by Gasteiger charge is 2.26. The van der Waals surface area contributed by atoms with E-state index >= 15 is 0 Å². The fourth-order valence-electron chi connectivity index (χ4n) is 1.39. The maximum absolute atomic E-state index is 11.9. The van der Waals surface area contributed by atoms with Crippen LogP contribution >= 0.6 is 0 Å². The number of aliphatic carboxylic acids is 1. The van der Waals surface area contributed by atoms with Gasteiger partial charge in [-0.2, -0.15) is 13.2 Å². The molecule has 0 aromatic carbocycles. The molecule has 20 heavy (non-hydrogen) atoms. The SMILES string of the molecule is COCCCC(NC(=O)NCCCC(F)(F)F)C(=O)O. The lowest BCUT2D eigenvalue weighted by Gasteiger charge is -2.15. The van der Waals surface area contributed by atoms with Crippen molar-refractivity contribution in [1.29, 1.82) is 0 Å². The van der Waals surface area contributed by atoms with Gasteiger partial charge in [0.25, 0.3) is 0 Å². The van der Waals surface area contributed by atoms with Crippen LogP contribution in [0, 0.1) is 0 Å². The fraction of sp³-hybridized carbons (Fsp3) is 0.818. The number of carboxylic acids is 1. The van der Waals surface area contributed by atoms with Crippen molar-refractivity contribution in [3.05, 3.63) is 0 Å². The molecule has 1 unspecified atom stereocenters. The summed E-state index contributed by atoms with van der Waals surface area (Å²) < 4.78 is 40.3. The van der Waals surface area contributed by atoms with Crippen LogP contribution in [-0.2, 0) is 9.53 Å². The lowest BCUT2D eigenvalue weighted by molar-refractivity contribution is -0.139. The molecule has 0 aliphatic heterocycles. The number of ether oxygens (including phenoxy) is 1. The summed E-state index contributed by atoms with van der Waals surface area (Å²) in [5.74, 6) is -1.20. The first-order valence-corrected chi connectivity index (χ1v) is 6.09. The van der Waals surface area contributed by atoms with Crippen molar-refractivity contribution in [3.8, 4) is 0 Å². The average Bonchev–Trinajstić information content (AvgIpc) is 2.32. The smallest absolute Gasteiger partial charge is 0.389 e. The standard InChI is InChI=1S/C11H19F3N2O4/c1-20-7-2-4-8(9(17)18)16-10(19)15-6-3-5-11(12,13)14/h8H,2-7H2,1H3,(H,17,18)(H2,15,16,19). The summed E-state index contributed by atoms with van der Waals surface area (Å²) in [7, 11) is 1.47. The zero-order valence-corrected chi connectivity index (χ0v) is 11.1. The summed E-state index contributed by atoms with van der Waals surface area (Å²) >= 11 is 0. The predicted molar refractivity (Wildman–Crippen MR) is 64.4 cm³/mol. The minimum absolute atomic E-state index is 0.171. The van der Waals surface area contributed by atoms with Crippen LogP contribution in [-0.4, -0.2) is 49.6 Å². The van der Waals surface area contributed by atoms with Gasteiger partial charge in [0.1, 0.15) is 6.04 Å². The maximum atomic E-state index is 11.9. The number of carbonyl (C=O) groups is 2. The lowest BCUT2D eigenvalue weighted by atomic mass is 10.1. The molecule has 0 saturated heterocycles. The molecule has 0 aromatic rings. The summed E-state index contributed by atoms with van der Waals surface area (Å²) in [5.41, 5.74) is 0. The number of amides is 2. The number of hydrogen-bond donors (Lipinski definition) is 3. The van der Waals surface area contributed by atoms with Gasteiger partial charge in [-0.1, -0.05) is 0 Å². The highest BCUT2D eigenvalue weighted by molar-refractivity contribution is 5.82. The third-order valence-corrected chi connectivity index (χ3v) is 2.37. The molecule has 0 heterocycles. The molecule has 0 spiro atoms. The van der Waals surface area contributed by atoms with Crippen LogP contribution in [0.1, 0.15) is 25.7 Å². The molecule has 0 aromatic heterocycles. The van der Waals surface area contributed by atoms with E-state index in [1.54, 1.807) is 0 Å². The number of rotatable bonds is 9. The van der Waals surface area contributed by atoms with Crippen LogP contribution in [0.25, 0.3) is 0 Å². The van der Waals surface area contributed by atoms with Crippen molar-refractivity contribution < 1.29 is 32.6 Å². The fourth-order valence-corrected chi connectivity index (χ4v) is 1.39. The zero-order chi connectivity index (χ0) is 15.6. The van der Waals surface area contributed by atoms with Crippen LogP contribution in [0.3, 0.4) is 0 Å². The van der Waals surface area contributed by atoms with Crippen molar-refractivity contribution in [3.63, 3.8) is 0 Å². The molecule has 0 rings (SSSR count). The van der Waals surface area contributed by atoms with Gasteiger partial charge >= 0.3 is 18.2 Å². The molecule has 0 radical (unpaired) electrons. The highest BCUT2D eigenvalue weighted by atomic mass is 19.4. The van der Waals surface area contributed by atoms with Crippen molar-refractivity contribution in [2.45, 2.75) is 37.9 Å². The summed E-state index contributed by atoms with van der Waals surface area (Å²) in [6.45, 7) is 0.189. The summed E-state index contributed by atoms with van der Waals surface area (Å²) in [4.78, 5) is 22.2. The monoisotopic (exact) mass is 300 g/mol. The van der Waals surface area contributed by atoms with Gasteiger partial charge in [-0.15, -0.1) is 0 Å². The van der Waals surface area contributed by atoms with Crippen LogP contribution in [0.2, 0.25) is 0 Å². The number of urea groups is 1.